The number of nitrogens with one attached hydrogen (secondary N) is 1. The van der Waals surface area contributed by atoms with Gasteiger partial charge in [-0.1, -0.05) is 18.2 Å². The number of hydrogen-bond donors (Lipinski definition) is 1. The second-order valence-corrected chi connectivity index (χ2v) is 9.84. The Morgan fingerprint density at radius 2 is 1.51 bits per heavy atom. The molecule has 35 heavy (non-hydrogen) atoms. The van der Waals surface area contributed by atoms with Crippen LogP contribution >= 0.6 is 0 Å². The molecule has 2 amide bonds. The van der Waals surface area contributed by atoms with Crippen molar-refractivity contribution in [2.45, 2.75) is 0 Å². The molecule has 7 rings (SSSR count). The molecule has 4 atom stereocenters. The number of aromatic nitrogens is 4. The minimum atomic E-state index is -0.0460. The van der Waals surface area contributed by atoms with Gasteiger partial charge in [-0.3, -0.25) is 9.59 Å². The van der Waals surface area contributed by atoms with Crippen LogP contribution in [0.15, 0.2) is 48.5 Å². The number of ether oxygens (including phenoxy) is 1. The van der Waals surface area contributed by atoms with Gasteiger partial charge >= 0.3 is 0 Å². The summed E-state index contributed by atoms with van der Waals surface area (Å²) in [6.07, 6.45) is 0. The number of likely N-dealkylation sites (tertiary alicyclic amines) is 2. The largest absolute Gasteiger partial charge is 0.481 e. The molecule has 0 unspecified atom stereocenters. The first kappa shape index (κ1) is 20.4. The van der Waals surface area contributed by atoms with E-state index >= 15 is 0 Å². The zero-order chi connectivity index (χ0) is 23.7. The number of aromatic amines is 1. The number of nitrogens with zero attached hydrogens (tertiary/aromatic N) is 5. The first-order valence-corrected chi connectivity index (χ1v) is 11.9. The molecule has 9 heteroatoms. The third-order valence-electron chi connectivity index (χ3n) is 8.18. The van der Waals surface area contributed by atoms with Gasteiger partial charge < -0.3 is 14.5 Å². The fourth-order valence-corrected chi connectivity index (χ4v) is 6.46. The van der Waals surface area contributed by atoms with Crippen LogP contribution < -0.4 is 4.74 Å². The van der Waals surface area contributed by atoms with Crippen molar-refractivity contribution in [3.8, 4) is 5.88 Å². The van der Waals surface area contributed by atoms with E-state index in [1.54, 1.807) is 13.2 Å². The highest BCUT2D eigenvalue weighted by atomic mass is 16.5. The molecule has 0 radical (unpaired) electrons. The van der Waals surface area contributed by atoms with Crippen molar-refractivity contribution in [3.63, 3.8) is 0 Å². The van der Waals surface area contributed by atoms with Gasteiger partial charge in [-0.25, -0.2) is 4.98 Å². The molecule has 3 fully saturated rings. The van der Waals surface area contributed by atoms with Gasteiger partial charge in [-0.05, 0) is 59.4 Å². The highest BCUT2D eigenvalue weighted by Crippen LogP contribution is 2.54. The minimum absolute atomic E-state index is 0.0442. The Hall–Kier alpha value is -4.01. The van der Waals surface area contributed by atoms with E-state index < -0.39 is 0 Å². The van der Waals surface area contributed by atoms with Crippen LogP contribution in [0.2, 0.25) is 0 Å². The molecular formula is C26H24N6O3. The summed E-state index contributed by atoms with van der Waals surface area (Å²) in [7, 11) is 1.58. The molecule has 2 aromatic heterocycles. The van der Waals surface area contributed by atoms with E-state index in [0.29, 0.717) is 59.4 Å². The number of carbonyl (C=O) groups is 2. The lowest BCUT2D eigenvalue weighted by atomic mass is 9.60. The first-order chi connectivity index (χ1) is 17.1. The highest BCUT2D eigenvalue weighted by Gasteiger charge is 2.59. The van der Waals surface area contributed by atoms with Crippen molar-refractivity contribution in [1.29, 1.82) is 0 Å². The van der Waals surface area contributed by atoms with Gasteiger partial charge in [0.1, 0.15) is 16.7 Å². The summed E-state index contributed by atoms with van der Waals surface area (Å²) >= 11 is 0. The molecule has 4 aromatic rings. The molecular weight excluding hydrogens is 444 g/mol. The van der Waals surface area contributed by atoms with Crippen LogP contribution in [0.5, 0.6) is 5.88 Å². The van der Waals surface area contributed by atoms with E-state index in [4.69, 9.17) is 4.74 Å². The summed E-state index contributed by atoms with van der Waals surface area (Å²) in [4.78, 5) is 35.0. The van der Waals surface area contributed by atoms with Crippen LogP contribution in [0.3, 0.4) is 0 Å². The van der Waals surface area contributed by atoms with E-state index in [1.165, 1.54) is 0 Å². The molecule has 3 aliphatic rings. The number of hydrogen-bond acceptors (Lipinski definition) is 6. The van der Waals surface area contributed by atoms with Gasteiger partial charge in [-0.15, -0.1) is 0 Å². The quantitative estimate of drug-likeness (QED) is 0.496. The molecule has 0 spiro atoms. The Balaban J connectivity index is 1.06. The zero-order valence-electron chi connectivity index (χ0n) is 19.2. The molecule has 176 valence electrons. The molecule has 2 aliphatic heterocycles. The first-order valence-electron chi connectivity index (χ1n) is 11.9. The third-order valence-corrected chi connectivity index (χ3v) is 8.18. The Morgan fingerprint density at radius 1 is 0.857 bits per heavy atom. The van der Waals surface area contributed by atoms with E-state index in [1.807, 2.05) is 52.3 Å². The van der Waals surface area contributed by atoms with E-state index in [2.05, 4.69) is 20.4 Å². The number of benzene rings is 2. The molecule has 9 nitrogen and oxygen atoms in total. The predicted octanol–water partition coefficient (Wildman–Crippen LogP) is 2.60. The molecule has 1 N–H and O–H groups in total. The molecule has 1 aliphatic carbocycles. The van der Waals surface area contributed by atoms with Crippen molar-refractivity contribution in [2.75, 3.05) is 33.3 Å². The summed E-state index contributed by atoms with van der Waals surface area (Å²) in [5.41, 5.74) is 2.52. The number of fused-ring (bicyclic) bond motifs is 6. The number of pyridine rings is 1. The zero-order valence-corrected chi connectivity index (χ0v) is 19.2. The standard InChI is InChI=1S/C26H24N6O3/c1-35-24-16-5-3-2-4-14(16)8-23(27-24)26(34)32-12-19-17-10-31(11-18(17)20(19)13-32)25(33)15-6-7-21-22(9-15)29-30-28-21/h2-9,17-20H,10-13H2,1H3,(H,28,29,30)/t17-,18+,19+,20-. The van der Waals surface area contributed by atoms with E-state index in [-0.39, 0.29) is 11.8 Å². The normalized spacial score (nSPS) is 24.9. The second kappa shape index (κ2) is 7.49. The average Bonchev–Trinajstić information content (AvgIpc) is 3.61. The van der Waals surface area contributed by atoms with Crippen LogP contribution in [-0.2, 0) is 0 Å². The Morgan fingerprint density at radius 3 is 2.23 bits per heavy atom. The maximum Gasteiger partial charge on any atom is 0.272 e. The van der Waals surface area contributed by atoms with Gasteiger partial charge in [0.05, 0.1) is 7.11 Å². The smallest absolute Gasteiger partial charge is 0.272 e. The topological polar surface area (TPSA) is 104 Å². The average molecular weight is 469 g/mol. The van der Waals surface area contributed by atoms with Gasteiger partial charge in [0, 0.05) is 37.1 Å². The highest BCUT2D eigenvalue weighted by molar-refractivity contribution is 5.99. The van der Waals surface area contributed by atoms with Gasteiger partial charge in [0.25, 0.3) is 11.8 Å². The summed E-state index contributed by atoms with van der Waals surface area (Å²) in [5.74, 6) is 2.22. The summed E-state index contributed by atoms with van der Waals surface area (Å²) in [6.45, 7) is 2.92. The maximum atomic E-state index is 13.4. The molecule has 2 saturated heterocycles. The fourth-order valence-electron chi connectivity index (χ4n) is 6.46. The number of amides is 2. The van der Waals surface area contributed by atoms with Gasteiger partial charge in [-0.2, -0.15) is 15.4 Å². The van der Waals surface area contributed by atoms with Crippen molar-refractivity contribution >= 4 is 33.6 Å². The molecule has 2 aromatic carbocycles. The lowest BCUT2D eigenvalue weighted by molar-refractivity contribution is 0.0629. The minimum Gasteiger partial charge on any atom is -0.481 e. The van der Waals surface area contributed by atoms with Crippen molar-refractivity contribution in [2.24, 2.45) is 23.7 Å². The maximum absolute atomic E-state index is 13.4. The Kier molecular flexibility index (Phi) is 4.36. The van der Waals surface area contributed by atoms with Crippen LogP contribution in [0, 0.1) is 23.7 Å². The van der Waals surface area contributed by atoms with Crippen LogP contribution in [0.1, 0.15) is 20.8 Å². The van der Waals surface area contributed by atoms with Crippen molar-refractivity contribution in [3.05, 3.63) is 59.8 Å². The second-order valence-electron chi connectivity index (χ2n) is 9.84. The lowest BCUT2D eigenvalue weighted by Gasteiger charge is -2.42. The fraction of sp³-hybridized carbons (Fsp3) is 0.346. The predicted molar refractivity (Wildman–Crippen MR) is 128 cm³/mol. The number of H-pyrrole nitrogens is 1. The van der Waals surface area contributed by atoms with Gasteiger partial charge in [0.15, 0.2) is 0 Å². The lowest BCUT2D eigenvalue weighted by Crippen LogP contribution is -2.44. The number of carbonyl (C=O) groups excluding carboxylic acids is 2. The third kappa shape index (κ3) is 3.03. The van der Waals surface area contributed by atoms with Crippen molar-refractivity contribution < 1.29 is 14.3 Å². The monoisotopic (exact) mass is 468 g/mol. The molecule has 1 saturated carbocycles. The molecule has 4 heterocycles. The van der Waals surface area contributed by atoms with Crippen molar-refractivity contribution in [1.82, 2.24) is 30.2 Å². The van der Waals surface area contributed by atoms with Gasteiger partial charge in [0.2, 0.25) is 5.88 Å². The summed E-state index contributed by atoms with van der Waals surface area (Å²) in [6, 6.07) is 15.1. The Labute approximate surface area is 201 Å². The van der Waals surface area contributed by atoms with E-state index in [0.717, 1.165) is 29.4 Å². The van der Waals surface area contributed by atoms with Crippen LogP contribution in [0.4, 0.5) is 0 Å². The SMILES string of the molecule is COc1nc(C(=O)N2C[C@@H]3[C@H]4CN(C(=O)c5ccc6n[nH]nc6c5)C[C@H]4[C@@H]3C2)cc2ccccc12. The van der Waals surface area contributed by atoms with Crippen LogP contribution in [-0.4, -0.2) is 75.3 Å². The van der Waals surface area contributed by atoms with Crippen LogP contribution in [0.25, 0.3) is 21.8 Å². The Bertz CT molecular complexity index is 1480. The van der Waals surface area contributed by atoms with E-state index in [9.17, 15) is 9.59 Å². The molecule has 0 bridgehead atoms. The number of methoxy groups -OCH3 is 1. The number of rotatable bonds is 3. The summed E-state index contributed by atoms with van der Waals surface area (Å²) in [5, 5.41) is 12.6. The summed E-state index contributed by atoms with van der Waals surface area (Å²) < 4.78 is 5.46.